The molecular weight excluding hydrogens is 266 g/mol. The summed E-state index contributed by atoms with van der Waals surface area (Å²) in [5.74, 6) is -1.35. The standard InChI is InChI=1S/C14H12F2N2O2/c1-9-2-5-13(14(6-9)18(19)20)17-8-10-3-4-11(15)7-12(10)16/h2-7,17H,8H2,1H3. The second-order valence-corrected chi connectivity index (χ2v) is 4.37. The number of benzene rings is 2. The van der Waals surface area contributed by atoms with Crippen LogP contribution < -0.4 is 5.32 Å². The number of nitro benzene ring substituents is 1. The van der Waals surface area contributed by atoms with Crippen molar-refractivity contribution < 1.29 is 13.7 Å². The number of hydrogen-bond donors (Lipinski definition) is 1. The molecule has 0 aliphatic rings. The molecule has 2 aromatic rings. The van der Waals surface area contributed by atoms with Gasteiger partial charge in [-0.2, -0.15) is 0 Å². The number of nitro groups is 1. The normalized spacial score (nSPS) is 10.3. The van der Waals surface area contributed by atoms with Crippen LogP contribution in [0.2, 0.25) is 0 Å². The fourth-order valence-electron chi connectivity index (χ4n) is 1.80. The minimum atomic E-state index is -0.688. The molecule has 20 heavy (non-hydrogen) atoms. The van der Waals surface area contributed by atoms with Gasteiger partial charge in [-0.3, -0.25) is 10.1 Å². The highest BCUT2D eigenvalue weighted by molar-refractivity contribution is 5.62. The average Bonchev–Trinajstić information content (AvgIpc) is 2.38. The van der Waals surface area contributed by atoms with Crippen molar-refractivity contribution in [2.75, 3.05) is 5.32 Å². The van der Waals surface area contributed by atoms with E-state index in [9.17, 15) is 18.9 Å². The lowest BCUT2D eigenvalue weighted by atomic mass is 10.1. The van der Waals surface area contributed by atoms with E-state index in [-0.39, 0.29) is 17.8 Å². The van der Waals surface area contributed by atoms with Gasteiger partial charge in [0.05, 0.1) is 4.92 Å². The maximum absolute atomic E-state index is 13.5. The van der Waals surface area contributed by atoms with Crippen LogP contribution in [-0.4, -0.2) is 4.92 Å². The summed E-state index contributed by atoms with van der Waals surface area (Å²) in [6.07, 6.45) is 0. The summed E-state index contributed by atoms with van der Waals surface area (Å²) < 4.78 is 26.2. The molecule has 104 valence electrons. The van der Waals surface area contributed by atoms with Gasteiger partial charge in [0.15, 0.2) is 0 Å². The van der Waals surface area contributed by atoms with E-state index in [1.807, 2.05) is 0 Å². The van der Waals surface area contributed by atoms with E-state index in [2.05, 4.69) is 5.32 Å². The maximum atomic E-state index is 13.5. The second-order valence-electron chi connectivity index (χ2n) is 4.37. The van der Waals surface area contributed by atoms with E-state index in [0.29, 0.717) is 5.69 Å². The molecule has 0 saturated carbocycles. The number of anilines is 1. The molecular formula is C14H12F2N2O2. The van der Waals surface area contributed by atoms with Gasteiger partial charge in [-0.25, -0.2) is 8.78 Å². The first-order valence-corrected chi connectivity index (χ1v) is 5.90. The van der Waals surface area contributed by atoms with Crippen LogP contribution in [0.25, 0.3) is 0 Å². The fraction of sp³-hybridized carbons (Fsp3) is 0.143. The maximum Gasteiger partial charge on any atom is 0.292 e. The fourth-order valence-corrected chi connectivity index (χ4v) is 1.80. The van der Waals surface area contributed by atoms with E-state index in [0.717, 1.165) is 17.7 Å². The van der Waals surface area contributed by atoms with Crippen LogP contribution in [-0.2, 0) is 6.54 Å². The lowest BCUT2D eigenvalue weighted by Gasteiger charge is -2.08. The molecule has 6 heteroatoms. The first-order chi connectivity index (χ1) is 9.47. The van der Waals surface area contributed by atoms with E-state index in [1.54, 1.807) is 19.1 Å². The Balaban J connectivity index is 2.20. The molecule has 0 aliphatic carbocycles. The topological polar surface area (TPSA) is 55.2 Å². The summed E-state index contributed by atoms with van der Waals surface area (Å²) in [5, 5.41) is 13.7. The van der Waals surface area contributed by atoms with E-state index < -0.39 is 16.6 Å². The van der Waals surface area contributed by atoms with Crippen molar-refractivity contribution in [1.29, 1.82) is 0 Å². The predicted octanol–water partition coefficient (Wildman–Crippen LogP) is 3.79. The molecule has 0 aromatic heterocycles. The zero-order chi connectivity index (χ0) is 14.7. The number of aryl methyl sites for hydroxylation is 1. The van der Waals surface area contributed by atoms with E-state index in [1.165, 1.54) is 12.1 Å². The van der Waals surface area contributed by atoms with Gasteiger partial charge in [0, 0.05) is 24.2 Å². The third-order valence-electron chi connectivity index (χ3n) is 2.83. The molecule has 0 bridgehead atoms. The van der Waals surface area contributed by atoms with Crippen molar-refractivity contribution >= 4 is 11.4 Å². The van der Waals surface area contributed by atoms with Crippen LogP contribution in [0.15, 0.2) is 36.4 Å². The Morgan fingerprint density at radius 1 is 1.20 bits per heavy atom. The number of hydrogen-bond acceptors (Lipinski definition) is 3. The Bertz CT molecular complexity index is 660. The summed E-state index contributed by atoms with van der Waals surface area (Å²) in [6.45, 7) is 1.78. The van der Waals surface area contributed by atoms with Gasteiger partial charge >= 0.3 is 0 Å². The third-order valence-corrected chi connectivity index (χ3v) is 2.83. The van der Waals surface area contributed by atoms with Gasteiger partial charge in [-0.15, -0.1) is 0 Å². The lowest BCUT2D eigenvalue weighted by Crippen LogP contribution is -2.04. The number of nitrogens with one attached hydrogen (secondary N) is 1. The van der Waals surface area contributed by atoms with Gasteiger partial charge in [0.25, 0.3) is 5.69 Å². The molecule has 0 spiro atoms. The monoisotopic (exact) mass is 278 g/mol. The van der Waals surface area contributed by atoms with Crippen molar-refractivity contribution in [3.8, 4) is 0 Å². The molecule has 0 amide bonds. The van der Waals surface area contributed by atoms with Crippen LogP contribution in [0.3, 0.4) is 0 Å². The minimum absolute atomic E-state index is 0.0377. The molecule has 0 atom stereocenters. The molecule has 2 aromatic carbocycles. The van der Waals surface area contributed by atoms with Crippen LogP contribution in [0.5, 0.6) is 0 Å². The Kier molecular flexibility index (Phi) is 3.93. The molecule has 4 nitrogen and oxygen atoms in total. The minimum Gasteiger partial charge on any atom is -0.375 e. The third kappa shape index (κ3) is 3.09. The highest BCUT2D eigenvalue weighted by atomic mass is 19.1. The number of rotatable bonds is 4. The zero-order valence-corrected chi connectivity index (χ0v) is 10.7. The summed E-state index contributed by atoms with van der Waals surface area (Å²) >= 11 is 0. The molecule has 0 saturated heterocycles. The van der Waals surface area contributed by atoms with E-state index in [4.69, 9.17) is 0 Å². The summed E-state index contributed by atoms with van der Waals surface area (Å²) in [7, 11) is 0. The Morgan fingerprint density at radius 2 is 1.95 bits per heavy atom. The molecule has 1 N–H and O–H groups in total. The summed E-state index contributed by atoms with van der Waals surface area (Å²) in [4.78, 5) is 10.4. The number of halogens is 2. The molecule has 0 radical (unpaired) electrons. The quantitative estimate of drug-likeness (QED) is 0.683. The molecule has 0 fully saturated rings. The van der Waals surface area contributed by atoms with Crippen molar-refractivity contribution in [3.63, 3.8) is 0 Å². The Morgan fingerprint density at radius 3 is 2.60 bits per heavy atom. The molecule has 0 heterocycles. The van der Waals surface area contributed by atoms with Gasteiger partial charge in [-0.1, -0.05) is 12.1 Å². The van der Waals surface area contributed by atoms with Crippen molar-refractivity contribution in [2.24, 2.45) is 0 Å². The summed E-state index contributed by atoms with van der Waals surface area (Å²) in [6, 6.07) is 7.94. The first kappa shape index (κ1) is 13.9. The first-order valence-electron chi connectivity index (χ1n) is 5.90. The Hall–Kier alpha value is -2.50. The second kappa shape index (κ2) is 5.64. The molecule has 0 unspecified atom stereocenters. The van der Waals surface area contributed by atoms with Crippen LogP contribution in [0, 0.1) is 28.7 Å². The summed E-state index contributed by atoms with van der Waals surface area (Å²) in [5.41, 5.74) is 1.22. The van der Waals surface area contributed by atoms with E-state index >= 15 is 0 Å². The van der Waals surface area contributed by atoms with Crippen molar-refractivity contribution in [1.82, 2.24) is 0 Å². The Labute approximate surface area is 114 Å². The van der Waals surface area contributed by atoms with Crippen molar-refractivity contribution in [2.45, 2.75) is 13.5 Å². The highest BCUT2D eigenvalue weighted by Gasteiger charge is 2.14. The van der Waals surface area contributed by atoms with Crippen molar-refractivity contribution in [3.05, 3.63) is 69.3 Å². The number of nitrogens with zero attached hydrogens (tertiary/aromatic N) is 1. The highest BCUT2D eigenvalue weighted by Crippen LogP contribution is 2.26. The molecule has 2 rings (SSSR count). The van der Waals surface area contributed by atoms with Crippen LogP contribution >= 0.6 is 0 Å². The predicted molar refractivity (Wildman–Crippen MR) is 71.5 cm³/mol. The van der Waals surface area contributed by atoms with Gasteiger partial charge in [0.2, 0.25) is 0 Å². The SMILES string of the molecule is Cc1ccc(NCc2ccc(F)cc2F)c([N+](=O)[O-])c1. The smallest absolute Gasteiger partial charge is 0.292 e. The van der Waals surface area contributed by atoms with Gasteiger partial charge in [0.1, 0.15) is 17.3 Å². The van der Waals surface area contributed by atoms with Gasteiger partial charge in [-0.05, 0) is 24.6 Å². The molecule has 0 aliphatic heterocycles. The van der Waals surface area contributed by atoms with Crippen LogP contribution in [0.4, 0.5) is 20.2 Å². The largest absolute Gasteiger partial charge is 0.375 e. The van der Waals surface area contributed by atoms with Gasteiger partial charge < -0.3 is 5.32 Å². The zero-order valence-electron chi connectivity index (χ0n) is 10.7. The average molecular weight is 278 g/mol. The lowest BCUT2D eigenvalue weighted by molar-refractivity contribution is -0.384. The van der Waals surface area contributed by atoms with Crippen LogP contribution in [0.1, 0.15) is 11.1 Å².